The van der Waals surface area contributed by atoms with E-state index in [2.05, 4.69) is 0 Å². The largest absolute Gasteiger partial charge is 0.478 e. The molecule has 2 rings (SSSR count). The monoisotopic (exact) mass is 230 g/mol. The van der Waals surface area contributed by atoms with Gasteiger partial charge in [0.2, 0.25) is 0 Å². The van der Waals surface area contributed by atoms with Crippen molar-refractivity contribution in [2.45, 2.75) is 6.92 Å². The van der Waals surface area contributed by atoms with Gasteiger partial charge >= 0.3 is 5.97 Å². The number of aromatic carboxylic acids is 1. The van der Waals surface area contributed by atoms with E-state index in [1.807, 2.05) is 6.92 Å². The van der Waals surface area contributed by atoms with Gasteiger partial charge in [0.05, 0.1) is 11.8 Å². The van der Waals surface area contributed by atoms with Crippen LogP contribution in [-0.2, 0) is 0 Å². The molecular weight excluding hydrogens is 220 g/mol. The lowest BCUT2D eigenvalue weighted by atomic mass is 9.98. The summed E-state index contributed by atoms with van der Waals surface area (Å²) in [7, 11) is 0. The lowest BCUT2D eigenvalue weighted by molar-refractivity contribution is 0.0697. The Labute approximate surface area is 97.5 Å². The van der Waals surface area contributed by atoms with Crippen LogP contribution in [0.2, 0.25) is 0 Å². The SMILES string of the molecule is Cc1ccc(-c2ccoc2C=O)c(C(=O)O)c1. The number of aldehydes is 1. The lowest BCUT2D eigenvalue weighted by Crippen LogP contribution is -2.00. The van der Waals surface area contributed by atoms with Gasteiger partial charge in [-0.3, -0.25) is 4.79 Å². The summed E-state index contributed by atoms with van der Waals surface area (Å²) < 4.78 is 4.97. The molecule has 0 unspecified atom stereocenters. The third-order valence-corrected chi connectivity index (χ3v) is 2.50. The Hall–Kier alpha value is -2.36. The summed E-state index contributed by atoms with van der Waals surface area (Å²) in [6.45, 7) is 1.81. The normalized spacial score (nSPS) is 10.2. The van der Waals surface area contributed by atoms with Crippen LogP contribution in [0.1, 0.15) is 26.5 Å². The quantitative estimate of drug-likeness (QED) is 0.823. The number of furan rings is 1. The average Bonchev–Trinajstić information content (AvgIpc) is 2.76. The molecule has 0 atom stereocenters. The van der Waals surface area contributed by atoms with Gasteiger partial charge in [0.15, 0.2) is 12.0 Å². The number of hydrogen-bond acceptors (Lipinski definition) is 3. The number of carboxylic acid groups (broad SMARTS) is 1. The van der Waals surface area contributed by atoms with E-state index in [1.54, 1.807) is 24.3 Å². The minimum Gasteiger partial charge on any atom is -0.478 e. The highest BCUT2D eigenvalue weighted by molar-refractivity contribution is 5.98. The topological polar surface area (TPSA) is 67.5 Å². The fourth-order valence-electron chi connectivity index (χ4n) is 1.70. The Morgan fingerprint density at radius 1 is 1.29 bits per heavy atom. The average molecular weight is 230 g/mol. The molecule has 1 heterocycles. The minimum absolute atomic E-state index is 0.136. The molecule has 4 heteroatoms. The van der Waals surface area contributed by atoms with Crippen molar-refractivity contribution >= 4 is 12.3 Å². The summed E-state index contributed by atoms with van der Waals surface area (Å²) in [5, 5.41) is 9.13. The molecule has 0 aliphatic heterocycles. The molecule has 0 bridgehead atoms. The number of aryl methyl sites for hydroxylation is 1. The number of rotatable bonds is 3. The van der Waals surface area contributed by atoms with E-state index in [9.17, 15) is 9.59 Å². The molecule has 1 aromatic heterocycles. The molecule has 0 saturated carbocycles. The molecule has 0 aliphatic rings. The van der Waals surface area contributed by atoms with Crippen molar-refractivity contribution in [2.75, 3.05) is 0 Å². The van der Waals surface area contributed by atoms with Gasteiger partial charge in [0.25, 0.3) is 0 Å². The standard InChI is InChI=1S/C13H10O4/c1-8-2-3-9(11(6-8)13(15)16)10-4-5-17-12(10)7-14/h2-7H,1H3,(H,15,16). The van der Waals surface area contributed by atoms with E-state index in [4.69, 9.17) is 9.52 Å². The van der Waals surface area contributed by atoms with Gasteiger partial charge in [0, 0.05) is 11.1 Å². The highest BCUT2D eigenvalue weighted by Crippen LogP contribution is 2.28. The summed E-state index contributed by atoms with van der Waals surface area (Å²) in [6, 6.07) is 6.63. The van der Waals surface area contributed by atoms with Gasteiger partial charge in [-0.15, -0.1) is 0 Å². The van der Waals surface area contributed by atoms with Crippen LogP contribution >= 0.6 is 0 Å². The summed E-state index contributed by atoms with van der Waals surface area (Å²) in [5.74, 6) is -0.891. The first-order valence-corrected chi connectivity index (χ1v) is 5.00. The second kappa shape index (κ2) is 4.25. The van der Waals surface area contributed by atoms with Gasteiger partial charge in [-0.05, 0) is 19.1 Å². The Bertz CT molecular complexity index is 581. The number of carboxylic acids is 1. The fraction of sp³-hybridized carbons (Fsp3) is 0.0769. The molecule has 0 aliphatic carbocycles. The Balaban J connectivity index is 2.67. The van der Waals surface area contributed by atoms with Crippen LogP contribution in [0.25, 0.3) is 11.1 Å². The first-order chi connectivity index (χ1) is 8.13. The summed E-state index contributed by atoms with van der Waals surface area (Å²) in [6.07, 6.45) is 1.94. The molecule has 0 amide bonds. The molecule has 0 saturated heterocycles. The van der Waals surface area contributed by atoms with Crippen molar-refractivity contribution in [3.05, 3.63) is 47.4 Å². The van der Waals surface area contributed by atoms with E-state index in [-0.39, 0.29) is 11.3 Å². The predicted octanol–water partition coefficient (Wildman–Crippen LogP) is 2.77. The number of carbonyl (C=O) groups is 2. The Kier molecular flexibility index (Phi) is 2.78. The Morgan fingerprint density at radius 2 is 2.06 bits per heavy atom. The van der Waals surface area contributed by atoms with Crippen LogP contribution < -0.4 is 0 Å². The van der Waals surface area contributed by atoms with Crippen molar-refractivity contribution in [2.24, 2.45) is 0 Å². The van der Waals surface area contributed by atoms with Crippen LogP contribution in [0.3, 0.4) is 0 Å². The minimum atomic E-state index is -1.03. The molecule has 2 aromatic rings. The van der Waals surface area contributed by atoms with Crippen LogP contribution in [0.5, 0.6) is 0 Å². The smallest absolute Gasteiger partial charge is 0.336 e. The molecule has 1 N–H and O–H groups in total. The highest BCUT2D eigenvalue weighted by Gasteiger charge is 2.16. The van der Waals surface area contributed by atoms with E-state index in [0.29, 0.717) is 17.4 Å². The van der Waals surface area contributed by atoms with Crippen molar-refractivity contribution in [1.82, 2.24) is 0 Å². The zero-order valence-electron chi connectivity index (χ0n) is 9.14. The second-order valence-electron chi connectivity index (χ2n) is 3.67. The highest BCUT2D eigenvalue weighted by atomic mass is 16.4. The third-order valence-electron chi connectivity index (χ3n) is 2.50. The van der Waals surface area contributed by atoms with Gasteiger partial charge in [-0.2, -0.15) is 0 Å². The number of carbonyl (C=O) groups excluding carboxylic acids is 1. The first kappa shape index (κ1) is 11.1. The number of benzene rings is 1. The van der Waals surface area contributed by atoms with Crippen molar-refractivity contribution < 1.29 is 19.1 Å². The van der Waals surface area contributed by atoms with Gasteiger partial charge in [-0.25, -0.2) is 4.79 Å². The summed E-state index contributed by atoms with van der Waals surface area (Å²) >= 11 is 0. The molecule has 0 fully saturated rings. The first-order valence-electron chi connectivity index (χ1n) is 5.00. The molecule has 86 valence electrons. The molecular formula is C13H10O4. The van der Waals surface area contributed by atoms with Crippen molar-refractivity contribution in [3.8, 4) is 11.1 Å². The molecule has 1 aromatic carbocycles. The summed E-state index contributed by atoms with van der Waals surface area (Å²) in [5.41, 5.74) is 1.99. The third kappa shape index (κ3) is 1.97. The maximum atomic E-state index is 11.1. The van der Waals surface area contributed by atoms with E-state index in [0.717, 1.165) is 5.56 Å². The molecule has 4 nitrogen and oxygen atoms in total. The number of hydrogen-bond donors (Lipinski definition) is 1. The lowest BCUT2D eigenvalue weighted by Gasteiger charge is -2.05. The second-order valence-corrected chi connectivity index (χ2v) is 3.67. The van der Waals surface area contributed by atoms with Crippen molar-refractivity contribution in [1.29, 1.82) is 0 Å². The fourth-order valence-corrected chi connectivity index (χ4v) is 1.70. The van der Waals surface area contributed by atoms with E-state index < -0.39 is 5.97 Å². The van der Waals surface area contributed by atoms with Crippen molar-refractivity contribution in [3.63, 3.8) is 0 Å². The molecule has 17 heavy (non-hydrogen) atoms. The van der Waals surface area contributed by atoms with E-state index >= 15 is 0 Å². The van der Waals surface area contributed by atoms with Crippen LogP contribution in [0, 0.1) is 6.92 Å². The molecule has 0 spiro atoms. The molecule has 0 radical (unpaired) electrons. The zero-order chi connectivity index (χ0) is 12.4. The zero-order valence-corrected chi connectivity index (χ0v) is 9.14. The van der Waals surface area contributed by atoms with Crippen LogP contribution in [-0.4, -0.2) is 17.4 Å². The van der Waals surface area contributed by atoms with Crippen LogP contribution in [0.4, 0.5) is 0 Å². The van der Waals surface area contributed by atoms with Gasteiger partial charge in [-0.1, -0.05) is 17.7 Å². The summed E-state index contributed by atoms with van der Waals surface area (Å²) in [4.78, 5) is 21.9. The van der Waals surface area contributed by atoms with Crippen LogP contribution in [0.15, 0.2) is 34.9 Å². The maximum Gasteiger partial charge on any atom is 0.336 e. The van der Waals surface area contributed by atoms with E-state index in [1.165, 1.54) is 6.26 Å². The van der Waals surface area contributed by atoms with Gasteiger partial charge in [0.1, 0.15) is 0 Å². The van der Waals surface area contributed by atoms with Gasteiger partial charge < -0.3 is 9.52 Å². The maximum absolute atomic E-state index is 11.1. The predicted molar refractivity (Wildman–Crippen MR) is 61.2 cm³/mol. The Morgan fingerprint density at radius 3 is 2.71 bits per heavy atom.